The van der Waals surface area contributed by atoms with Gasteiger partial charge in [-0.2, -0.15) is 0 Å². The van der Waals surface area contributed by atoms with Gasteiger partial charge in [-0.05, 0) is 19.3 Å². The van der Waals surface area contributed by atoms with Crippen LogP contribution in [0.2, 0.25) is 0 Å². The average molecular weight is 276 g/mol. The molecule has 0 aromatic carbocycles. The molecule has 0 spiro atoms. The number of nitrogens with zero attached hydrogens (tertiary/aromatic N) is 2. The molecule has 1 aromatic rings. The quantitative estimate of drug-likeness (QED) is 0.838. The molecular formula is C15H24N4O. The number of nitrogens with two attached hydrogens (primary N) is 1. The molecule has 2 heterocycles. The molecule has 3 N–H and O–H groups in total. The fourth-order valence-corrected chi connectivity index (χ4v) is 2.45. The highest BCUT2D eigenvalue weighted by atomic mass is 16.5. The number of aromatic nitrogens is 2. The largest absolute Gasteiger partial charge is 0.385 e. The normalized spacial score (nSPS) is 15.8. The number of hydrogen-bond acceptors (Lipinski definition) is 4. The van der Waals surface area contributed by atoms with E-state index in [1.54, 1.807) is 0 Å². The van der Waals surface area contributed by atoms with Gasteiger partial charge >= 0.3 is 0 Å². The van der Waals surface area contributed by atoms with E-state index >= 15 is 0 Å². The van der Waals surface area contributed by atoms with Crippen molar-refractivity contribution in [2.45, 2.75) is 52.4 Å². The molecule has 2 rings (SSSR count). The molecule has 1 aromatic heterocycles. The Labute approximate surface area is 120 Å². The van der Waals surface area contributed by atoms with Crippen LogP contribution in [0.25, 0.3) is 11.8 Å². The summed E-state index contributed by atoms with van der Waals surface area (Å²) in [6, 6.07) is 0. The van der Waals surface area contributed by atoms with E-state index in [-0.39, 0.29) is 12.3 Å². The van der Waals surface area contributed by atoms with Crippen molar-refractivity contribution < 1.29 is 4.74 Å². The second-order valence-electron chi connectivity index (χ2n) is 5.03. The van der Waals surface area contributed by atoms with Gasteiger partial charge in [0.05, 0.1) is 23.8 Å². The Morgan fingerprint density at radius 1 is 1.35 bits per heavy atom. The molecule has 0 unspecified atom stereocenters. The first-order chi connectivity index (χ1) is 9.60. The minimum atomic E-state index is -0.0221. The maximum absolute atomic E-state index is 6.18. The first-order valence-corrected chi connectivity index (χ1v) is 7.26. The average Bonchev–Trinajstić information content (AvgIpc) is 2.84. The van der Waals surface area contributed by atoms with Crippen LogP contribution in [0.1, 0.15) is 57.6 Å². The van der Waals surface area contributed by atoms with Crippen LogP contribution in [0.5, 0.6) is 0 Å². The summed E-state index contributed by atoms with van der Waals surface area (Å²) in [5.41, 5.74) is 8.40. The third kappa shape index (κ3) is 2.72. The van der Waals surface area contributed by atoms with E-state index in [9.17, 15) is 0 Å². The zero-order valence-corrected chi connectivity index (χ0v) is 12.5. The first kappa shape index (κ1) is 14.7. The third-order valence-electron chi connectivity index (χ3n) is 3.63. The lowest BCUT2D eigenvalue weighted by molar-refractivity contribution is -0.0588. The summed E-state index contributed by atoms with van der Waals surface area (Å²) < 4.78 is 8.23. The lowest BCUT2D eigenvalue weighted by Crippen LogP contribution is -2.24. The zero-order chi connectivity index (χ0) is 14.7. The number of imidazole rings is 1. The molecule has 0 radical (unpaired) electrons. The molecule has 0 aliphatic carbocycles. The van der Waals surface area contributed by atoms with Gasteiger partial charge < -0.3 is 20.4 Å². The van der Waals surface area contributed by atoms with Gasteiger partial charge in [0.1, 0.15) is 17.7 Å². The lowest BCUT2D eigenvalue weighted by atomic mass is 10.2. The van der Waals surface area contributed by atoms with Gasteiger partial charge in [0.15, 0.2) is 0 Å². The second kappa shape index (κ2) is 6.13. The van der Waals surface area contributed by atoms with Gasteiger partial charge in [0, 0.05) is 6.08 Å². The minimum Gasteiger partial charge on any atom is -0.385 e. The SMILES string of the molecule is C=C1NC(N)=Cc2c1ncn2[C@@H](CC)OC(CC)CC. The smallest absolute Gasteiger partial charge is 0.135 e. The van der Waals surface area contributed by atoms with Gasteiger partial charge in [0.25, 0.3) is 0 Å². The van der Waals surface area contributed by atoms with Crippen LogP contribution in [-0.2, 0) is 4.74 Å². The van der Waals surface area contributed by atoms with Crippen LogP contribution in [-0.4, -0.2) is 15.7 Å². The summed E-state index contributed by atoms with van der Waals surface area (Å²) in [5.74, 6) is 0.585. The van der Waals surface area contributed by atoms with E-state index in [0.717, 1.165) is 36.3 Å². The number of nitrogens with one attached hydrogen (secondary N) is 1. The Balaban J connectivity index is 2.31. The Kier molecular flexibility index (Phi) is 4.49. The standard InChI is InChI=1S/C15H24N4O/c1-5-11(6-2)20-14(7-3)19-9-17-15-10(4)18-13(16)8-12(15)19/h8-9,11,14,18H,4-7,16H2,1-3H3/t14-/m1/s1. The van der Waals surface area contributed by atoms with E-state index in [1.165, 1.54) is 0 Å². The summed E-state index contributed by atoms with van der Waals surface area (Å²) in [6.07, 6.45) is 6.84. The molecule has 5 heteroatoms. The fourth-order valence-electron chi connectivity index (χ4n) is 2.45. The van der Waals surface area contributed by atoms with Crippen molar-refractivity contribution in [3.63, 3.8) is 0 Å². The zero-order valence-electron chi connectivity index (χ0n) is 12.5. The summed E-state index contributed by atoms with van der Waals surface area (Å²) in [4.78, 5) is 4.42. The van der Waals surface area contributed by atoms with Crippen LogP contribution in [0, 0.1) is 0 Å². The van der Waals surface area contributed by atoms with E-state index in [2.05, 4.69) is 37.7 Å². The van der Waals surface area contributed by atoms with Crippen molar-refractivity contribution in [1.29, 1.82) is 0 Å². The second-order valence-corrected chi connectivity index (χ2v) is 5.03. The molecule has 0 amide bonds. The highest BCUT2D eigenvalue weighted by molar-refractivity contribution is 5.74. The number of ether oxygens (including phenoxy) is 1. The molecule has 0 saturated carbocycles. The summed E-state index contributed by atoms with van der Waals surface area (Å²) in [5, 5.41) is 3.00. The van der Waals surface area contributed by atoms with Crippen molar-refractivity contribution in [3.8, 4) is 0 Å². The highest BCUT2D eigenvalue weighted by Gasteiger charge is 2.22. The molecule has 0 bridgehead atoms. The monoisotopic (exact) mass is 276 g/mol. The molecule has 20 heavy (non-hydrogen) atoms. The maximum atomic E-state index is 6.18. The predicted molar refractivity (Wildman–Crippen MR) is 81.3 cm³/mol. The molecule has 0 saturated heterocycles. The van der Waals surface area contributed by atoms with Crippen LogP contribution in [0.3, 0.4) is 0 Å². The van der Waals surface area contributed by atoms with Gasteiger partial charge in [0.2, 0.25) is 0 Å². The summed E-state index contributed by atoms with van der Waals surface area (Å²) in [6.45, 7) is 10.4. The molecule has 1 aliphatic heterocycles. The Morgan fingerprint density at radius 3 is 2.65 bits per heavy atom. The van der Waals surface area contributed by atoms with Crippen LogP contribution in [0.4, 0.5) is 0 Å². The maximum Gasteiger partial charge on any atom is 0.135 e. The molecule has 0 fully saturated rings. The van der Waals surface area contributed by atoms with E-state index in [4.69, 9.17) is 10.5 Å². The highest BCUT2D eigenvalue weighted by Crippen LogP contribution is 2.27. The Bertz CT molecular complexity index is 514. The van der Waals surface area contributed by atoms with Gasteiger partial charge in [-0.15, -0.1) is 0 Å². The number of rotatable bonds is 6. The lowest BCUT2D eigenvalue weighted by Gasteiger charge is -2.25. The molecular weight excluding hydrogens is 252 g/mol. The number of hydrogen-bond donors (Lipinski definition) is 2. The van der Waals surface area contributed by atoms with Gasteiger partial charge in [-0.25, -0.2) is 4.98 Å². The van der Waals surface area contributed by atoms with Gasteiger partial charge in [-0.3, -0.25) is 0 Å². The third-order valence-corrected chi connectivity index (χ3v) is 3.63. The topological polar surface area (TPSA) is 65.1 Å². The summed E-state index contributed by atoms with van der Waals surface area (Å²) in [7, 11) is 0. The van der Waals surface area contributed by atoms with Crippen LogP contribution >= 0.6 is 0 Å². The van der Waals surface area contributed by atoms with Gasteiger partial charge in [-0.1, -0.05) is 27.4 Å². The van der Waals surface area contributed by atoms with Crippen molar-refractivity contribution in [3.05, 3.63) is 30.1 Å². The molecule has 110 valence electrons. The Morgan fingerprint density at radius 2 is 2.05 bits per heavy atom. The summed E-state index contributed by atoms with van der Waals surface area (Å²) >= 11 is 0. The van der Waals surface area contributed by atoms with Crippen LogP contribution < -0.4 is 11.1 Å². The van der Waals surface area contributed by atoms with Crippen molar-refractivity contribution in [1.82, 2.24) is 14.9 Å². The van der Waals surface area contributed by atoms with Crippen molar-refractivity contribution in [2.75, 3.05) is 0 Å². The fraction of sp³-hybridized carbons (Fsp3) is 0.533. The van der Waals surface area contributed by atoms with E-state index in [0.29, 0.717) is 5.82 Å². The predicted octanol–water partition coefficient (Wildman–Crippen LogP) is 2.83. The number of fused-ring (bicyclic) bond motifs is 1. The molecule has 5 nitrogen and oxygen atoms in total. The van der Waals surface area contributed by atoms with Crippen molar-refractivity contribution >= 4 is 11.8 Å². The Hall–Kier alpha value is -1.75. The van der Waals surface area contributed by atoms with E-state index < -0.39 is 0 Å². The van der Waals surface area contributed by atoms with Crippen LogP contribution in [0.15, 0.2) is 18.7 Å². The van der Waals surface area contributed by atoms with E-state index in [1.807, 2.05) is 17.0 Å². The first-order valence-electron chi connectivity index (χ1n) is 7.26. The minimum absolute atomic E-state index is 0.0221. The molecule has 1 aliphatic rings. The van der Waals surface area contributed by atoms with Crippen molar-refractivity contribution in [2.24, 2.45) is 5.73 Å². The molecule has 1 atom stereocenters.